The van der Waals surface area contributed by atoms with E-state index in [4.69, 9.17) is 9.15 Å². The molecule has 1 aromatic heterocycles. The summed E-state index contributed by atoms with van der Waals surface area (Å²) in [6.45, 7) is 1.56. The zero-order valence-electron chi connectivity index (χ0n) is 13.9. The van der Waals surface area contributed by atoms with Gasteiger partial charge in [-0.3, -0.25) is 19.7 Å². The summed E-state index contributed by atoms with van der Waals surface area (Å²) < 4.78 is 10.3. The number of furan rings is 1. The molecule has 26 heavy (non-hydrogen) atoms. The van der Waals surface area contributed by atoms with Gasteiger partial charge in [-0.1, -0.05) is 0 Å². The number of benzene rings is 1. The normalized spacial score (nSPS) is 14.2. The van der Waals surface area contributed by atoms with Crippen molar-refractivity contribution in [2.24, 2.45) is 0 Å². The van der Waals surface area contributed by atoms with Crippen molar-refractivity contribution in [3.05, 3.63) is 58.5 Å². The molecule has 0 N–H and O–H groups in total. The van der Waals surface area contributed by atoms with Crippen molar-refractivity contribution in [1.29, 1.82) is 0 Å². The van der Waals surface area contributed by atoms with Gasteiger partial charge in [0, 0.05) is 38.3 Å². The van der Waals surface area contributed by atoms with Crippen molar-refractivity contribution in [3.8, 4) is 5.75 Å². The van der Waals surface area contributed by atoms with Crippen molar-refractivity contribution in [2.75, 3.05) is 32.8 Å². The Morgan fingerprint density at radius 3 is 2.31 bits per heavy atom. The summed E-state index contributed by atoms with van der Waals surface area (Å²) in [5.74, 6) is 0.0736. The first-order valence-corrected chi connectivity index (χ1v) is 8.01. The van der Waals surface area contributed by atoms with E-state index in [9.17, 15) is 19.7 Å². The third-order valence-corrected chi connectivity index (χ3v) is 4.10. The van der Waals surface area contributed by atoms with E-state index >= 15 is 0 Å². The maximum absolute atomic E-state index is 12.2. The maximum Gasteiger partial charge on any atom is 0.269 e. The van der Waals surface area contributed by atoms with Crippen LogP contribution in [0.5, 0.6) is 5.75 Å². The molecular weight excluding hydrogens is 342 g/mol. The number of nitro benzene ring substituents is 1. The summed E-state index contributed by atoms with van der Waals surface area (Å²) in [5.41, 5.74) is 0.452. The summed E-state index contributed by atoms with van der Waals surface area (Å²) in [4.78, 5) is 37.8. The highest BCUT2D eigenvalue weighted by Crippen LogP contribution is 2.17. The Kier molecular flexibility index (Phi) is 5.16. The number of rotatable bonds is 5. The van der Waals surface area contributed by atoms with Crippen LogP contribution in [0, 0.1) is 10.1 Å². The number of piperazine rings is 1. The van der Waals surface area contributed by atoms with Crippen LogP contribution < -0.4 is 4.74 Å². The SMILES string of the molecule is O=C(COc1ccc([N+](=O)[O-])cc1)N1CCN(C(=O)c2ccoc2)CC1. The lowest BCUT2D eigenvalue weighted by Crippen LogP contribution is -2.51. The number of carbonyl (C=O) groups is 2. The molecule has 0 bridgehead atoms. The van der Waals surface area contributed by atoms with Gasteiger partial charge >= 0.3 is 0 Å². The summed E-state index contributed by atoms with van der Waals surface area (Å²) in [6.07, 6.45) is 2.85. The topological polar surface area (TPSA) is 106 Å². The Morgan fingerprint density at radius 1 is 1.08 bits per heavy atom. The predicted molar refractivity (Wildman–Crippen MR) is 89.8 cm³/mol. The van der Waals surface area contributed by atoms with Gasteiger partial charge in [0.1, 0.15) is 12.0 Å². The monoisotopic (exact) mass is 359 g/mol. The van der Waals surface area contributed by atoms with Crippen molar-refractivity contribution in [2.45, 2.75) is 0 Å². The van der Waals surface area contributed by atoms with E-state index in [1.54, 1.807) is 15.9 Å². The molecule has 0 spiro atoms. The Hall–Kier alpha value is -3.36. The van der Waals surface area contributed by atoms with Crippen LogP contribution in [0.15, 0.2) is 47.3 Å². The lowest BCUT2D eigenvalue weighted by Gasteiger charge is -2.34. The molecule has 0 unspecified atom stereocenters. The molecule has 2 aromatic rings. The van der Waals surface area contributed by atoms with E-state index in [1.807, 2.05) is 0 Å². The molecule has 1 fully saturated rings. The average molecular weight is 359 g/mol. The molecule has 9 heteroatoms. The lowest BCUT2D eigenvalue weighted by atomic mass is 10.2. The number of hydrogen-bond donors (Lipinski definition) is 0. The largest absolute Gasteiger partial charge is 0.484 e. The van der Waals surface area contributed by atoms with Gasteiger partial charge in [0.15, 0.2) is 6.61 Å². The van der Waals surface area contributed by atoms with Gasteiger partial charge in [-0.2, -0.15) is 0 Å². The second-order valence-electron chi connectivity index (χ2n) is 5.72. The third-order valence-electron chi connectivity index (χ3n) is 4.10. The molecular formula is C17H17N3O6. The summed E-state index contributed by atoms with van der Waals surface area (Å²) in [6, 6.07) is 7.15. The summed E-state index contributed by atoms with van der Waals surface area (Å²) in [5, 5.41) is 10.6. The Balaban J connectivity index is 1.46. The molecule has 136 valence electrons. The van der Waals surface area contributed by atoms with Gasteiger partial charge in [-0.15, -0.1) is 0 Å². The van der Waals surface area contributed by atoms with Gasteiger partial charge in [0.2, 0.25) is 0 Å². The van der Waals surface area contributed by atoms with Gasteiger partial charge in [-0.05, 0) is 18.2 Å². The van der Waals surface area contributed by atoms with Crippen molar-refractivity contribution < 1.29 is 23.7 Å². The van der Waals surface area contributed by atoms with Gasteiger partial charge in [-0.25, -0.2) is 0 Å². The molecule has 1 saturated heterocycles. The minimum atomic E-state index is -0.501. The number of amides is 2. The van der Waals surface area contributed by atoms with E-state index in [0.717, 1.165) is 0 Å². The van der Waals surface area contributed by atoms with E-state index in [-0.39, 0.29) is 24.1 Å². The van der Waals surface area contributed by atoms with Crippen LogP contribution in [0.3, 0.4) is 0 Å². The van der Waals surface area contributed by atoms with Crippen LogP contribution >= 0.6 is 0 Å². The van der Waals surface area contributed by atoms with Crippen LogP contribution in [0.4, 0.5) is 5.69 Å². The van der Waals surface area contributed by atoms with Crippen molar-refractivity contribution in [3.63, 3.8) is 0 Å². The minimum absolute atomic E-state index is 0.0397. The molecule has 0 aliphatic carbocycles. The fourth-order valence-corrected chi connectivity index (χ4v) is 2.63. The minimum Gasteiger partial charge on any atom is -0.484 e. The van der Waals surface area contributed by atoms with Crippen molar-refractivity contribution in [1.82, 2.24) is 9.80 Å². The molecule has 1 aliphatic rings. The second-order valence-corrected chi connectivity index (χ2v) is 5.72. The molecule has 1 aromatic carbocycles. The lowest BCUT2D eigenvalue weighted by molar-refractivity contribution is -0.384. The number of nitro groups is 1. The summed E-state index contributed by atoms with van der Waals surface area (Å²) >= 11 is 0. The molecule has 0 atom stereocenters. The number of hydrogen-bond acceptors (Lipinski definition) is 6. The first kappa shape index (κ1) is 17.5. The zero-order chi connectivity index (χ0) is 18.5. The smallest absolute Gasteiger partial charge is 0.269 e. The van der Waals surface area contributed by atoms with Crippen LogP contribution in [0.2, 0.25) is 0 Å². The predicted octanol–water partition coefficient (Wildman–Crippen LogP) is 1.55. The zero-order valence-corrected chi connectivity index (χ0v) is 13.9. The Labute approximate surface area is 148 Å². The number of carbonyl (C=O) groups excluding carboxylic acids is 2. The first-order valence-electron chi connectivity index (χ1n) is 8.01. The molecule has 9 nitrogen and oxygen atoms in total. The number of non-ortho nitro benzene ring substituents is 1. The fourth-order valence-electron chi connectivity index (χ4n) is 2.63. The number of nitrogens with zero attached hydrogens (tertiary/aromatic N) is 3. The quantitative estimate of drug-likeness (QED) is 0.592. The van der Waals surface area contributed by atoms with E-state index in [1.165, 1.54) is 36.8 Å². The highest BCUT2D eigenvalue weighted by Gasteiger charge is 2.25. The molecule has 1 aliphatic heterocycles. The molecule has 0 saturated carbocycles. The average Bonchev–Trinajstić information content (AvgIpc) is 3.20. The molecule has 0 radical (unpaired) electrons. The molecule has 2 heterocycles. The Morgan fingerprint density at radius 2 is 1.73 bits per heavy atom. The molecule has 3 rings (SSSR count). The third kappa shape index (κ3) is 4.00. The fraction of sp³-hybridized carbons (Fsp3) is 0.294. The highest BCUT2D eigenvalue weighted by molar-refractivity contribution is 5.94. The van der Waals surface area contributed by atoms with E-state index < -0.39 is 4.92 Å². The van der Waals surface area contributed by atoms with Crippen LogP contribution in [0.1, 0.15) is 10.4 Å². The van der Waals surface area contributed by atoms with Gasteiger partial charge in [0.25, 0.3) is 17.5 Å². The first-order chi connectivity index (χ1) is 12.5. The summed E-state index contributed by atoms with van der Waals surface area (Å²) in [7, 11) is 0. The van der Waals surface area contributed by atoms with Crippen LogP contribution in [0.25, 0.3) is 0 Å². The van der Waals surface area contributed by atoms with Gasteiger partial charge < -0.3 is 19.0 Å². The second kappa shape index (κ2) is 7.68. The Bertz CT molecular complexity index is 779. The van der Waals surface area contributed by atoms with Crippen molar-refractivity contribution >= 4 is 17.5 Å². The highest BCUT2D eigenvalue weighted by atomic mass is 16.6. The number of ether oxygens (including phenoxy) is 1. The maximum atomic E-state index is 12.2. The standard InChI is InChI=1S/C17H17N3O6/c21-16(12-26-15-3-1-14(2-4-15)20(23)24)18-6-8-19(9-7-18)17(22)13-5-10-25-11-13/h1-5,10-11H,6-9,12H2. The van der Waals surface area contributed by atoms with E-state index in [0.29, 0.717) is 37.5 Å². The van der Waals surface area contributed by atoms with E-state index in [2.05, 4.69) is 0 Å². The van der Waals surface area contributed by atoms with Crippen LogP contribution in [-0.2, 0) is 4.79 Å². The molecule has 2 amide bonds. The van der Waals surface area contributed by atoms with Crippen LogP contribution in [-0.4, -0.2) is 59.3 Å². The van der Waals surface area contributed by atoms with Gasteiger partial charge in [0.05, 0.1) is 16.7 Å².